The summed E-state index contributed by atoms with van der Waals surface area (Å²) < 4.78 is 0. The lowest BCUT2D eigenvalue weighted by molar-refractivity contribution is -0.116. The van der Waals surface area contributed by atoms with Crippen LogP contribution in [0.5, 0.6) is 0 Å². The maximum atomic E-state index is 12.3. The Hall–Kier alpha value is -2.37. The average Bonchev–Trinajstić information content (AvgIpc) is 2.56. The van der Waals surface area contributed by atoms with E-state index in [0.717, 1.165) is 11.1 Å². The van der Waals surface area contributed by atoms with Gasteiger partial charge in [0.25, 0.3) is 5.91 Å². The zero-order chi connectivity index (χ0) is 17.7. The summed E-state index contributed by atoms with van der Waals surface area (Å²) in [6.07, 6.45) is 0.176. The van der Waals surface area contributed by atoms with Gasteiger partial charge in [0.2, 0.25) is 5.91 Å². The number of amides is 2. The number of hydrogen-bond donors (Lipinski definition) is 2. The maximum Gasteiger partial charge on any atom is 0.253 e. The Morgan fingerprint density at radius 1 is 1.12 bits per heavy atom. The molecule has 0 spiro atoms. The van der Waals surface area contributed by atoms with E-state index in [0.29, 0.717) is 11.3 Å². The van der Waals surface area contributed by atoms with Gasteiger partial charge in [0.1, 0.15) is 0 Å². The number of aryl methyl sites for hydroxylation is 1. The van der Waals surface area contributed by atoms with Gasteiger partial charge in [0.05, 0.1) is 0 Å². The largest absolute Gasteiger partial charge is 0.345 e. The number of carbonyl (C=O) groups is 2. The summed E-state index contributed by atoms with van der Waals surface area (Å²) in [5.41, 5.74) is 9.06. The molecule has 0 bridgehead atoms. The molecule has 1 unspecified atom stereocenters. The highest BCUT2D eigenvalue weighted by molar-refractivity contribution is 5.97. The van der Waals surface area contributed by atoms with Crippen LogP contribution in [0.4, 0.5) is 5.69 Å². The van der Waals surface area contributed by atoms with Crippen LogP contribution < -0.4 is 11.1 Å². The van der Waals surface area contributed by atoms with Gasteiger partial charge in [-0.1, -0.05) is 36.4 Å². The number of carbonyl (C=O) groups excluding carboxylic acids is 2. The lowest BCUT2D eigenvalue weighted by Gasteiger charge is -2.15. The number of anilines is 1. The topological polar surface area (TPSA) is 75.4 Å². The molecule has 2 aromatic rings. The second kappa shape index (κ2) is 9.20. The fraction of sp³-hybridized carbons (Fsp3) is 0.263. The fourth-order valence-corrected chi connectivity index (χ4v) is 2.37. The van der Waals surface area contributed by atoms with Crippen LogP contribution in [0.3, 0.4) is 0 Å². The molecule has 0 aromatic heterocycles. The van der Waals surface area contributed by atoms with Crippen LogP contribution in [0.15, 0.2) is 48.5 Å². The molecule has 6 heteroatoms. The Kier molecular flexibility index (Phi) is 7.61. The summed E-state index contributed by atoms with van der Waals surface area (Å²) in [6.45, 7) is 1.89. The number of nitrogens with one attached hydrogen (secondary N) is 1. The molecule has 5 nitrogen and oxygen atoms in total. The normalized spacial score (nSPS) is 11.2. The van der Waals surface area contributed by atoms with E-state index in [1.54, 1.807) is 26.2 Å². The summed E-state index contributed by atoms with van der Waals surface area (Å²) >= 11 is 0. The lowest BCUT2D eigenvalue weighted by atomic mass is 10.0. The molecule has 0 aliphatic rings. The van der Waals surface area contributed by atoms with Gasteiger partial charge >= 0.3 is 0 Å². The van der Waals surface area contributed by atoms with E-state index >= 15 is 0 Å². The molecule has 0 fully saturated rings. The Bertz CT molecular complexity index is 733. The van der Waals surface area contributed by atoms with Crippen molar-refractivity contribution in [3.63, 3.8) is 0 Å². The molecule has 2 rings (SSSR count). The summed E-state index contributed by atoms with van der Waals surface area (Å²) in [5, 5.41) is 2.86. The van der Waals surface area contributed by atoms with Gasteiger partial charge in [0, 0.05) is 37.8 Å². The third-order valence-corrected chi connectivity index (χ3v) is 3.80. The second-order valence-corrected chi connectivity index (χ2v) is 6.00. The summed E-state index contributed by atoms with van der Waals surface area (Å²) in [5.74, 6) is -0.282. The minimum atomic E-state index is -0.363. The van der Waals surface area contributed by atoms with E-state index in [1.807, 2.05) is 43.3 Å². The highest BCUT2D eigenvalue weighted by atomic mass is 35.5. The third-order valence-electron chi connectivity index (χ3n) is 3.80. The Labute approximate surface area is 154 Å². The summed E-state index contributed by atoms with van der Waals surface area (Å²) in [6, 6.07) is 14.4. The van der Waals surface area contributed by atoms with E-state index in [9.17, 15) is 9.59 Å². The van der Waals surface area contributed by atoms with Crippen molar-refractivity contribution in [3.8, 4) is 0 Å². The Balaban J connectivity index is 0.00000312. The van der Waals surface area contributed by atoms with Crippen LogP contribution in [0.2, 0.25) is 0 Å². The standard InChI is InChI=1S/C19H23N3O2.ClH/c1-13-9-10-15(19(24)22(2)3)11-17(13)21-18(23)12-16(20)14-7-5-4-6-8-14;/h4-11,16H,12,20H2,1-3H3,(H,21,23);1H. The molecule has 3 N–H and O–H groups in total. The second-order valence-electron chi connectivity index (χ2n) is 6.00. The average molecular weight is 362 g/mol. The number of nitrogens with two attached hydrogens (primary N) is 1. The van der Waals surface area contributed by atoms with Gasteiger partial charge in [-0.2, -0.15) is 0 Å². The first-order valence-electron chi connectivity index (χ1n) is 7.81. The van der Waals surface area contributed by atoms with Crippen LogP contribution in [0, 0.1) is 6.92 Å². The van der Waals surface area contributed by atoms with E-state index in [1.165, 1.54) is 4.90 Å². The fourth-order valence-electron chi connectivity index (χ4n) is 2.37. The first-order chi connectivity index (χ1) is 11.4. The first kappa shape index (κ1) is 20.7. The number of benzene rings is 2. The number of nitrogens with zero attached hydrogens (tertiary/aromatic N) is 1. The smallest absolute Gasteiger partial charge is 0.253 e. The van der Waals surface area contributed by atoms with Crippen molar-refractivity contribution in [2.75, 3.05) is 19.4 Å². The molecule has 0 saturated carbocycles. The number of halogens is 1. The van der Waals surface area contributed by atoms with E-state index in [2.05, 4.69) is 5.32 Å². The van der Waals surface area contributed by atoms with Crippen LogP contribution in [-0.4, -0.2) is 30.8 Å². The van der Waals surface area contributed by atoms with E-state index in [4.69, 9.17) is 5.73 Å². The molecule has 0 radical (unpaired) electrons. The van der Waals surface area contributed by atoms with Gasteiger partial charge in [-0.25, -0.2) is 0 Å². The van der Waals surface area contributed by atoms with Gasteiger partial charge in [0.15, 0.2) is 0 Å². The first-order valence-corrected chi connectivity index (χ1v) is 7.81. The van der Waals surface area contributed by atoms with Gasteiger partial charge in [-0.15, -0.1) is 12.4 Å². The molecule has 0 saturated heterocycles. The molecule has 25 heavy (non-hydrogen) atoms. The van der Waals surface area contributed by atoms with Crippen molar-refractivity contribution in [2.45, 2.75) is 19.4 Å². The molecule has 0 aliphatic heterocycles. The predicted molar refractivity (Wildman–Crippen MR) is 103 cm³/mol. The quantitative estimate of drug-likeness (QED) is 0.859. The van der Waals surface area contributed by atoms with Gasteiger partial charge < -0.3 is 16.0 Å². The van der Waals surface area contributed by atoms with Crippen LogP contribution in [0.25, 0.3) is 0 Å². The van der Waals surface area contributed by atoms with E-state index in [-0.39, 0.29) is 36.7 Å². The van der Waals surface area contributed by atoms with Crippen molar-refractivity contribution < 1.29 is 9.59 Å². The van der Waals surface area contributed by atoms with Crippen molar-refractivity contribution in [2.24, 2.45) is 5.73 Å². The van der Waals surface area contributed by atoms with Crippen LogP contribution in [0.1, 0.15) is 33.9 Å². The zero-order valence-corrected chi connectivity index (χ0v) is 15.5. The minimum Gasteiger partial charge on any atom is -0.345 e. The van der Waals surface area contributed by atoms with Gasteiger partial charge in [-0.05, 0) is 30.2 Å². The third kappa shape index (κ3) is 5.59. The highest BCUT2D eigenvalue weighted by Gasteiger charge is 2.14. The molecule has 134 valence electrons. The summed E-state index contributed by atoms with van der Waals surface area (Å²) in [4.78, 5) is 25.8. The van der Waals surface area contributed by atoms with Crippen molar-refractivity contribution in [3.05, 3.63) is 65.2 Å². The van der Waals surface area contributed by atoms with Crippen LogP contribution in [-0.2, 0) is 4.79 Å². The maximum absolute atomic E-state index is 12.3. The summed E-state index contributed by atoms with van der Waals surface area (Å²) in [7, 11) is 3.39. The number of hydrogen-bond acceptors (Lipinski definition) is 3. The minimum absolute atomic E-state index is 0. The van der Waals surface area contributed by atoms with Crippen LogP contribution >= 0.6 is 12.4 Å². The monoisotopic (exact) mass is 361 g/mol. The molecule has 0 aliphatic carbocycles. The van der Waals surface area contributed by atoms with Crippen molar-refractivity contribution in [1.82, 2.24) is 4.90 Å². The predicted octanol–water partition coefficient (Wildman–Crippen LogP) is 3.15. The SMILES string of the molecule is Cc1ccc(C(=O)N(C)C)cc1NC(=O)CC(N)c1ccccc1.Cl. The molecule has 0 heterocycles. The molecule has 2 aromatic carbocycles. The molecular formula is C19H24ClN3O2. The molecular weight excluding hydrogens is 338 g/mol. The van der Waals surface area contributed by atoms with Crippen molar-refractivity contribution in [1.29, 1.82) is 0 Å². The Morgan fingerprint density at radius 3 is 2.36 bits per heavy atom. The highest BCUT2D eigenvalue weighted by Crippen LogP contribution is 2.20. The molecule has 1 atom stereocenters. The molecule has 2 amide bonds. The van der Waals surface area contributed by atoms with Crippen molar-refractivity contribution >= 4 is 29.9 Å². The van der Waals surface area contributed by atoms with Gasteiger partial charge in [-0.3, -0.25) is 9.59 Å². The lowest BCUT2D eigenvalue weighted by Crippen LogP contribution is -2.23. The zero-order valence-electron chi connectivity index (χ0n) is 14.7. The van der Waals surface area contributed by atoms with E-state index < -0.39 is 0 Å². The number of rotatable bonds is 5. The Morgan fingerprint density at radius 2 is 1.76 bits per heavy atom.